The second-order valence-corrected chi connectivity index (χ2v) is 10.6. The first-order valence-corrected chi connectivity index (χ1v) is 13.6. The number of carbonyl (C=O) groups excluding carboxylic acids is 1. The molecule has 15 heteroatoms. The SMILES string of the molecule is [C-]#[N+]c1nccc(N2CCC=C(c3c(F)cc(N4CCN(C)[C@@H](C)C4)c(NC(=O)c4c[nH]c(=O)cc4C(F)(F)F)c3F)C2)n1. The lowest BCUT2D eigenvalue weighted by atomic mass is 9.97. The Morgan fingerprint density at radius 2 is 1.95 bits per heavy atom. The van der Waals surface area contributed by atoms with Crippen LogP contribution in [0.2, 0.25) is 0 Å². The fourth-order valence-corrected chi connectivity index (χ4v) is 5.30. The van der Waals surface area contributed by atoms with Gasteiger partial charge in [0.1, 0.15) is 11.5 Å². The van der Waals surface area contributed by atoms with Crippen LogP contribution >= 0.6 is 0 Å². The first-order chi connectivity index (χ1) is 20.9. The third kappa shape index (κ3) is 6.11. The molecule has 5 rings (SSSR count). The van der Waals surface area contributed by atoms with Crippen LogP contribution in [0.4, 0.5) is 45.1 Å². The van der Waals surface area contributed by atoms with Crippen molar-refractivity contribution in [1.29, 1.82) is 0 Å². The zero-order valence-corrected chi connectivity index (χ0v) is 23.7. The first-order valence-electron chi connectivity index (χ1n) is 13.6. The molecule has 1 atom stereocenters. The van der Waals surface area contributed by atoms with E-state index >= 15 is 8.78 Å². The van der Waals surface area contributed by atoms with Crippen LogP contribution in [0, 0.1) is 18.2 Å². The molecular formula is C29H27F5N8O2. The van der Waals surface area contributed by atoms with Crippen molar-refractivity contribution in [2.24, 2.45) is 0 Å². The lowest BCUT2D eigenvalue weighted by Gasteiger charge is -2.40. The Kier molecular flexibility index (Phi) is 8.38. The van der Waals surface area contributed by atoms with E-state index in [0.717, 1.165) is 6.07 Å². The molecule has 0 radical (unpaired) electrons. The van der Waals surface area contributed by atoms with E-state index in [2.05, 4.69) is 25.1 Å². The third-order valence-corrected chi connectivity index (χ3v) is 7.73. The van der Waals surface area contributed by atoms with Gasteiger partial charge in [0.25, 0.3) is 5.91 Å². The molecule has 2 aliphatic heterocycles. The molecule has 0 unspecified atom stereocenters. The number of carbonyl (C=O) groups is 1. The maximum Gasteiger partial charge on any atom is 0.417 e. The number of halogens is 5. The number of nitrogens with one attached hydrogen (secondary N) is 2. The molecule has 2 aromatic heterocycles. The summed E-state index contributed by atoms with van der Waals surface area (Å²) < 4.78 is 73.6. The fraction of sp³-hybridized carbons (Fsp3) is 0.345. The third-order valence-electron chi connectivity index (χ3n) is 7.73. The predicted molar refractivity (Wildman–Crippen MR) is 154 cm³/mol. The van der Waals surface area contributed by atoms with Gasteiger partial charge in [-0.25, -0.2) is 8.78 Å². The highest BCUT2D eigenvalue weighted by Crippen LogP contribution is 2.39. The molecule has 10 nitrogen and oxygen atoms in total. The monoisotopic (exact) mass is 614 g/mol. The zero-order chi connectivity index (χ0) is 31.8. The van der Waals surface area contributed by atoms with Crippen LogP contribution in [0.25, 0.3) is 10.4 Å². The number of likely N-dealkylation sites (N-methyl/N-ethyl adjacent to an activating group) is 1. The number of aromatic amines is 1. The Hall–Kier alpha value is -4.84. The van der Waals surface area contributed by atoms with Crippen LogP contribution in [-0.4, -0.2) is 71.6 Å². The van der Waals surface area contributed by atoms with Crippen LogP contribution in [0.3, 0.4) is 0 Å². The number of anilines is 3. The van der Waals surface area contributed by atoms with E-state index in [4.69, 9.17) is 6.57 Å². The van der Waals surface area contributed by atoms with Crippen molar-refractivity contribution in [2.45, 2.75) is 25.6 Å². The van der Waals surface area contributed by atoms with Crippen LogP contribution in [0.15, 0.2) is 41.5 Å². The van der Waals surface area contributed by atoms with Crippen molar-refractivity contribution >= 4 is 34.6 Å². The van der Waals surface area contributed by atoms with Crippen molar-refractivity contribution in [1.82, 2.24) is 19.9 Å². The van der Waals surface area contributed by atoms with Gasteiger partial charge < -0.3 is 29.8 Å². The number of rotatable bonds is 5. The summed E-state index contributed by atoms with van der Waals surface area (Å²) in [7, 11) is 1.89. The van der Waals surface area contributed by atoms with E-state index < -0.39 is 51.7 Å². The Bertz CT molecular complexity index is 1730. The van der Waals surface area contributed by atoms with Crippen molar-refractivity contribution in [3.05, 3.63) is 86.8 Å². The molecule has 230 valence electrons. The highest BCUT2D eigenvalue weighted by Gasteiger charge is 2.37. The van der Waals surface area contributed by atoms with Crippen molar-refractivity contribution in [3.63, 3.8) is 0 Å². The Morgan fingerprint density at radius 1 is 1.18 bits per heavy atom. The number of hydrogen-bond acceptors (Lipinski definition) is 7. The lowest BCUT2D eigenvalue weighted by Crippen LogP contribution is -2.50. The van der Waals surface area contributed by atoms with Crippen LogP contribution in [0.5, 0.6) is 0 Å². The van der Waals surface area contributed by atoms with E-state index in [1.165, 1.54) is 6.20 Å². The normalized spacial score (nSPS) is 17.7. The summed E-state index contributed by atoms with van der Waals surface area (Å²) in [4.78, 5) is 43.6. The summed E-state index contributed by atoms with van der Waals surface area (Å²) in [6.45, 7) is 10.7. The highest BCUT2D eigenvalue weighted by atomic mass is 19.4. The van der Waals surface area contributed by atoms with Crippen LogP contribution in [0.1, 0.15) is 34.8 Å². The second-order valence-electron chi connectivity index (χ2n) is 10.6. The standard InChI is InChI=1S/C29H27F5N8O2/c1-16-14-41(10-9-40(16)3)21-12-20(30)24(17-5-4-8-42(15-17)22-6-7-36-28(35-2)38-22)25(31)26(21)39-27(44)18-13-37-23(43)11-19(18)29(32,33)34/h5-7,11-13,16H,4,8-10,14-15H2,1,3H3,(H,37,43)(H,39,44)/t16-/m0/s1. The minimum Gasteiger partial charge on any atom is -0.394 e. The molecule has 1 fully saturated rings. The largest absolute Gasteiger partial charge is 0.417 e. The molecule has 3 aromatic rings. The first kappa shape index (κ1) is 30.6. The second kappa shape index (κ2) is 12.0. The van der Waals surface area contributed by atoms with Crippen molar-refractivity contribution in [3.8, 4) is 0 Å². The van der Waals surface area contributed by atoms with E-state index in [1.54, 1.807) is 21.9 Å². The van der Waals surface area contributed by atoms with Gasteiger partial charge in [-0.05, 0) is 26.0 Å². The minimum absolute atomic E-state index is 0.00128. The summed E-state index contributed by atoms with van der Waals surface area (Å²) >= 11 is 0. The van der Waals surface area contributed by atoms with Gasteiger partial charge in [0, 0.05) is 63.2 Å². The number of amides is 1. The van der Waals surface area contributed by atoms with Crippen molar-refractivity contribution < 1.29 is 26.7 Å². The Balaban J connectivity index is 1.58. The molecule has 2 aliphatic rings. The van der Waals surface area contributed by atoms with Gasteiger partial charge in [-0.15, -0.1) is 11.6 Å². The maximum atomic E-state index is 16.5. The summed E-state index contributed by atoms with van der Waals surface area (Å²) in [5.74, 6) is -3.12. The number of nitrogens with zero attached hydrogens (tertiary/aromatic N) is 6. The quantitative estimate of drug-likeness (QED) is 0.318. The number of alkyl halides is 3. The molecule has 0 bridgehead atoms. The number of aromatic nitrogens is 3. The minimum atomic E-state index is -5.05. The topological polar surface area (TPSA) is 102 Å². The fourth-order valence-electron chi connectivity index (χ4n) is 5.30. The van der Waals surface area contributed by atoms with E-state index in [1.807, 2.05) is 18.9 Å². The number of H-pyrrole nitrogens is 1. The summed E-state index contributed by atoms with van der Waals surface area (Å²) in [6, 6.07) is 2.86. The predicted octanol–water partition coefficient (Wildman–Crippen LogP) is 4.70. The Labute approximate surface area is 248 Å². The van der Waals surface area contributed by atoms with Gasteiger partial charge in [0.2, 0.25) is 5.56 Å². The van der Waals surface area contributed by atoms with E-state index in [0.29, 0.717) is 44.6 Å². The van der Waals surface area contributed by atoms with Gasteiger partial charge in [-0.2, -0.15) is 18.2 Å². The maximum absolute atomic E-state index is 16.5. The average Bonchev–Trinajstić information content (AvgIpc) is 2.99. The molecule has 44 heavy (non-hydrogen) atoms. The summed E-state index contributed by atoms with van der Waals surface area (Å²) in [6.07, 6.45) is -1.02. The highest BCUT2D eigenvalue weighted by molar-refractivity contribution is 6.07. The molecule has 0 aliphatic carbocycles. The summed E-state index contributed by atoms with van der Waals surface area (Å²) in [5.41, 5.74) is -4.24. The molecule has 2 N–H and O–H groups in total. The Morgan fingerprint density at radius 3 is 2.66 bits per heavy atom. The van der Waals surface area contributed by atoms with E-state index in [-0.39, 0.29) is 35.9 Å². The molecule has 0 spiro atoms. The molecular weight excluding hydrogens is 587 g/mol. The van der Waals surface area contributed by atoms with Gasteiger partial charge in [-0.1, -0.05) is 6.08 Å². The lowest BCUT2D eigenvalue weighted by molar-refractivity contribution is -0.138. The molecule has 1 amide bonds. The summed E-state index contributed by atoms with van der Waals surface area (Å²) in [5, 5.41) is 2.26. The van der Waals surface area contributed by atoms with Crippen molar-refractivity contribution in [2.75, 3.05) is 54.9 Å². The van der Waals surface area contributed by atoms with Gasteiger partial charge >= 0.3 is 12.1 Å². The number of pyridine rings is 1. The molecule has 1 saturated heterocycles. The van der Waals surface area contributed by atoms with Gasteiger partial charge in [0.15, 0.2) is 11.6 Å². The zero-order valence-electron chi connectivity index (χ0n) is 23.7. The molecule has 4 heterocycles. The van der Waals surface area contributed by atoms with Gasteiger partial charge in [0.05, 0.1) is 28.6 Å². The van der Waals surface area contributed by atoms with E-state index in [9.17, 15) is 22.8 Å². The smallest absolute Gasteiger partial charge is 0.394 e. The average molecular weight is 615 g/mol. The number of hydrogen-bond donors (Lipinski definition) is 2. The number of benzene rings is 1. The molecule has 1 aromatic carbocycles. The van der Waals surface area contributed by atoms with Crippen LogP contribution < -0.4 is 20.7 Å². The molecule has 0 saturated carbocycles. The van der Waals surface area contributed by atoms with Crippen LogP contribution in [-0.2, 0) is 6.18 Å². The number of piperazine rings is 1. The van der Waals surface area contributed by atoms with Gasteiger partial charge in [-0.3, -0.25) is 9.59 Å².